The van der Waals surface area contributed by atoms with Crippen LogP contribution in [0.25, 0.3) is 0 Å². The summed E-state index contributed by atoms with van der Waals surface area (Å²) in [6.45, 7) is 3.53. The first kappa shape index (κ1) is 19.0. The molecule has 2 aliphatic rings. The van der Waals surface area contributed by atoms with Crippen LogP contribution < -0.4 is 25.6 Å². The molecule has 2 heterocycles. The van der Waals surface area contributed by atoms with Crippen LogP contribution in [0.15, 0.2) is 36.4 Å². The van der Waals surface area contributed by atoms with Crippen molar-refractivity contribution in [3.63, 3.8) is 0 Å². The van der Waals surface area contributed by atoms with E-state index in [0.29, 0.717) is 22.8 Å². The van der Waals surface area contributed by atoms with Gasteiger partial charge in [0.2, 0.25) is 0 Å². The minimum absolute atomic E-state index is 0.00430. The molecule has 152 valence electrons. The molecule has 0 aliphatic carbocycles. The summed E-state index contributed by atoms with van der Waals surface area (Å²) in [5.41, 5.74) is 2.34. The molecule has 0 spiro atoms. The zero-order valence-electron chi connectivity index (χ0n) is 16.1. The molecule has 4 rings (SSSR count). The van der Waals surface area contributed by atoms with Gasteiger partial charge in [-0.2, -0.15) is 0 Å². The van der Waals surface area contributed by atoms with Gasteiger partial charge < -0.3 is 25.6 Å². The molecule has 3 amide bonds. The Morgan fingerprint density at radius 3 is 2.76 bits per heavy atom. The molecule has 1 fully saturated rings. The lowest BCUT2D eigenvalue weighted by molar-refractivity contribution is -0.118. The van der Waals surface area contributed by atoms with E-state index in [9.17, 15) is 14.0 Å². The van der Waals surface area contributed by atoms with Gasteiger partial charge in [-0.1, -0.05) is 6.07 Å². The van der Waals surface area contributed by atoms with Crippen LogP contribution >= 0.6 is 0 Å². The molecule has 1 saturated heterocycles. The van der Waals surface area contributed by atoms with Gasteiger partial charge >= 0.3 is 6.03 Å². The molecule has 8 heteroatoms. The number of benzene rings is 2. The number of urea groups is 1. The van der Waals surface area contributed by atoms with Gasteiger partial charge in [0.05, 0.1) is 17.4 Å². The van der Waals surface area contributed by atoms with E-state index >= 15 is 0 Å². The topological polar surface area (TPSA) is 82.7 Å². The third kappa shape index (κ3) is 4.26. The standard InChI is InChI=1S/C21H23FN4O3/c1-13(14-4-7-19-17(10-14)25-20(27)12-29-19)23-21(28)24-15-5-6-18(16(22)11-15)26-8-2-3-9-26/h4-7,10-11,13H,2-3,8-9,12H2,1H3,(H,25,27)(H2,23,24,28). The van der Waals surface area contributed by atoms with Crippen molar-refractivity contribution < 1.29 is 18.7 Å². The van der Waals surface area contributed by atoms with E-state index in [-0.39, 0.29) is 24.4 Å². The minimum atomic E-state index is -0.441. The van der Waals surface area contributed by atoms with E-state index in [4.69, 9.17) is 4.74 Å². The van der Waals surface area contributed by atoms with Crippen LogP contribution in [0.2, 0.25) is 0 Å². The molecule has 0 bridgehead atoms. The summed E-state index contributed by atoms with van der Waals surface area (Å²) in [7, 11) is 0. The van der Waals surface area contributed by atoms with Crippen molar-refractivity contribution in [2.24, 2.45) is 0 Å². The number of hydrogen-bond acceptors (Lipinski definition) is 4. The lowest BCUT2D eigenvalue weighted by atomic mass is 10.1. The first-order chi connectivity index (χ1) is 14.0. The molecule has 1 unspecified atom stereocenters. The Morgan fingerprint density at radius 1 is 1.21 bits per heavy atom. The summed E-state index contributed by atoms with van der Waals surface area (Å²) in [6, 6.07) is 9.32. The average molecular weight is 398 g/mol. The number of nitrogens with one attached hydrogen (secondary N) is 3. The Kier molecular flexibility index (Phi) is 5.24. The van der Waals surface area contributed by atoms with E-state index in [1.54, 1.807) is 24.3 Å². The van der Waals surface area contributed by atoms with Crippen LogP contribution in [-0.4, -0.2) is 31.6 Å². The number of amides is 3. The molecule has 2 aromatic carbocycles. The average Bonchev–Trinajstić information content (AvgIpc) is 3.21. The monoisotopic (exact) mass is 398 g/mol. The fourth-order valence-corrected chi connectivity index (χ4v) is 3.62. The molecule has 1 atom stereocenters. The molecule has 7 nitrogen and oxygen atoms in total. The van der Waals surface area contributed by atoms with Crippen LogP contribution in [0.1, 0.15) is 31.4 Å². The van der Waals surface area contributed by atoms with E-state index in [0.717, 1.165) is 31.5 Å². The van der Waals surface area contributed by atoms with E-state index in [1.807, 2.05) is 17.9 Å². The number of rotatable bonds is 4. The quantitative estimate of drug-likeness (QED) is 0.734. The predicted octanol–water partition coefficient (Wildman–Crippen LogP) is 3.64. The largest absolute Gasteiger partial charge is 0.482 e. The van der Waals surface area contributed by atoms with Gasteiger partial charge in [0.1, 0.15) is 11.6 Å². The molecular weight excluding hydrogens is 375 g/mol. The predicted molar refractivity (Wildman–Crippen MR) is 109 cm³/mol. The van der Waals surface area contributed by atoms with Crippen LogP contribution in [0.3, 0.4) is 0 Å². The zero-order valence-corrected chi connectivity index (χ0v) is 16.1. The van der Waals surface area contributed by atoms with Gasteiger partial charge in [-0.3, -0.25) is 4.79 Å². The number of fused-ring (bicyclic) bond motifs is 1. The second-order valence-corrected chi connectivity index (χ2v) is 7.27. The lowest BCUT2D eigenvalue weighted by Gasteiger charge is -2.21. The number of carbonyl (C=O) groups is 2. The van der Waals surface area contributed by atoms with Gasteiger partial charge in [-0.05, 0) is 55.7 Å². The number of ether oxygens (including phenoxy) is 1. The maximum atomic E-state index is 14.4. The first-order valence-corrected chi connectivity index (χ1v) is 9.68. The highest BCUT2D eigenvalue weighted by Gasteiger charge is 2.19. The van der Waals surface area contributed by atoms with Crippen LogP contribution in [0.4, 0.5) is 26.2 Å². The minimum Gasteiger partial charge on any atom is -0.482 e. The summed E-state index contributed by atoms with van der Waals surface area (Å²) in [4.78, 5) is 25.8. The Labute approximate surface area is 168 Å². The summed E-state index contributed by atoms with van der Waals surface area (Å²) in [6.07, 6.45) is 2.14. The van der Waals surface area contributed by atoms with Crippen molar-refractivity contribution in [3.8, 4) is 5.75 Å². The molecular formula is C21H23FN4O3. The summed E-state index contributed by atoms with van der Waals surface area (Å²) in [5.74, 6) is 0.0363. The smallest absolute Gasteiger partial charge is 0.319 e. The number of nitrogens with zero attached hydrogens (tertiary/aromatic N) is 1. The molecule has 29 heavy (non-hydrogen) atoms. The van der Waals surface area contributed by atoms with Crippen molar-refractivity contribution in [1.29, 1.82) is 0 Å². The summed E-state index contributed by atoms with van der Waals surface area (Å²) in [5, 5.41) is 8.23. The Hall–Kier alpha value is -3.29. The van der Waals surface area contributed by atoms with Crippen LogP contribution in [-0.2, 0) is 4.79 Å². The van der Waals surface area contributed by atoms with Crippen LogP contribution in [0.5, 0.6) is 5.75 Å². The highest BCUT2D eigenvalue weighted by atomic mass is 19.1. The maximum Gasteiger partial charge on any atom is 0.319 e. The highest BCUT2D eigenvalue weighted by Crippen LogP contribution is 2.30. The number of hydrogen-bond donors (Lipinski definition) is 3. The highest BCUT2D eigenvalue weighted by molar-refractivity contribution is 5.95. The number of halogens is 1. The van der Waals surface area contributed by atoms with Crippen LogP contribution in [0, 0.1) is 5.82 Å². The third-order valence-corrected chi connectivity index (χ3v) is 5.14. The Morgan fingerprint density at radius 2 is 2.00 bits per heavy atom. The van der Waals surface area contributed by atoms with Gasteiger partial charge in [-0.25, -0.2) is 9.18 Å². The second kappa shape index (κ2) is 7.98. The maximum absolute atomic E-state index is 14.4. The third-order valence-electron chi connectivity index (χ3n) is 5.14. The van der Waals surface area contributed by atoms with Crippen molar-refractivity contribution in [3.05, 3.63) is 47.8 Å². The van der Waals surface area contributed by atoms with E-state index < -0.39 is 6.03 Å². The van der Waals surface area contributed by atoms with Crippen molar-refractivity contribution in [2.45, 2.75) is 25.8 Å². The molecule has 0 radical (unpaired) electrons. The summed E-state index contributed by atoms with van der Waals surface area (Å²) < 4.78 is 19.7. The fraction of sp³-hybridized carbons (Fsp3) is 0.333. The van der Waals surface area contributed by atoms with Crippen molar-refractivity contribution in [2.75, 3.05) is 35.2 Å². The first-order valence-electron chi connectivity index (χ1n) is 9.68. The molecule has 0 saturated carbocycles. The van der Waals surface area contributed by atoms with Gasteiger partial charge in [-0.15, -0.1) is 0 Å². The molecule has 3 N–H and O–H groups in total. The Balaban J connectivity index is 1.38. The molecule has 2 aliphatic heterocycles. The van der Waals surface area contributed by atoms with E-state index in [1.165, 1.54) is 6.07 Å². The van der Waals surface area contributed by atoms with Gasteiger partial charge in [0.25, 0.3) is 5.91 Å². The fourth-order valence-electron chi connectivity index (χ4n) is 3.62. The number of carbonyl (C=O) groups excluding carboxylic acids is 2. The lowest BCUT2D eigenvalue weighted by Crippen LogP contribution is -2.31. The normalized spacial score (nSPS) is 16.5. The van der Waals surface area contributed by atoms with E-state index in [2.05, 4.69) is 16.0 Å². The SMILES string of the molecule is CC(NC(=O)Nc1ccc(N2CCCC2)c(F)c1)c1ccc2c(c1)NC(=O)CO2. The van der Waals surface area contributed by atoms with Gasteiger partial charge in [0, 0.05) is 18.8 Å². The molecule has 2 aromatic rings. The zero-order chi connectivity index (χ0) is 20.4. The number of anilines is 3. The molecule has 0 aromatic heterocycles. The van der Waals surface area contributed by atoms with Gasteiger partial charge in [0.15, 0.2) is 6.61 Å². The van der Waals surface area contributed by atoms with Crippen molar-refractivity contribution >= 4 is 29.0 Å². The summed E-state index contributed by atoms with van der Waals surface area (Å²) >= 11 is 0. The Bertz CT molecular complexity index is 944. The van der Waals surface area contributed by atoms with Crippen molar-refractivity contribution in [1.82, 2.24) is 5.32 Å². The second-order valence-electron chi connectivity index (χ2n) is 7.27.